The normalized spacial score (nSPS) is 25.9. The quantitative estimate of drug-likeness (QED) is 0.0117. The van der Waals surface area contributed by atoms with Gasteiger partial charge in [0, 0.05) is 58.7 Å². The van der Waals surface area contributed by atoms with E-state index in [1.165, 1.54) is 19.1 Å². The molecule has 1 aliphatic heterocycles. The predicted octanol–water partition coefficient (Wildman–Crippen LogP) is 1.93. The van der Waals surface area contributed by atoms with Gasteiger partial charge in [-0.05, 0) is 123 Å². The number of ether oxygens (including phenoxy) is 4. The number of nitrogens with zero attached hydrogens (tertiary/aromatic N) is 1. The minimum atomic E-state index is -3.11. The van der Waals surface area contributed by atoms with E-state index in [0.717, 1.165) is 18.1 Å². The van der Waals surface area contributed by atoms with Crippen molar-refractivity contribution in [2.24, 2.45) is 34.0 Å². The molecule has 20 nitrogen and oxygen atoms in total. The molecular weight excluding hydrogens is 1020 g/mol. The number of aliphatic hydroxyl groups is 6. The molecule has 2 fully saturated rings. The fraction of sp³-hybridized carbons (Fsp3) is 0.441. The summed E-state index contributed by atoms with van der Waals surface area (Å²) in [6.07, 6.45) is -2.22. The molecule has 0 amide bonds. The van der Waals surface area contributed by atoms with Crippen LogP contribution in [0.1, 0.15) is 138 Å². The summed E-state index contributed by atoms with van der Waals surface area (Å²) in [5, 5.41) is 85.6. The third-order valence-electron chi connectivity index (χ3n) is 15.9. The van der Waals surface area contributed by atoms with Crippen LogP contribution in [0.3, 0.4) is 0 Å². The third-order valence-corrected chi connectivity index (χ3v) is 15.9. The van der Waals surface area contributed by atoms with Gasteiger partial charge in [-0.3, -0.25) is 24.2 Å². The van der Waals surface area contributed by atoms with Crippen molar-refractivity contribution in [3.8, 4) is 29.1 Å². The molecule has 9 atom stereocenters. The molecular formula is C59H67N5O15. The summed E-state index contributed by atoms with van der Waals surface area (Å²) in [6, 6.07) is 11.1. The van der Waals surface area contributed by atoms with Crippen LogP contribution < -0.4 is 32.0 Å². The van der Waals surface area contributed by atoms with E-state index in [1.54, 1.807) is 30.3 Å². The average Bonchev–Trinajstić information content (AvgIpc) is 3.29. The number of aromatic hydroxyl groups is 1. The van der Waals surface area contributed by atoms with Crippen LogP contribution in [0.2, 0.25) is 0 Å². The Morgan fingerprint density at radius 1 is 1.00 bits per heavy atom. The highest BCUT2D eigenvalue weighted by molar-refractivity contribution is 6.32. The van der Waals surface area contributed by atoms with Crippen molar-refractivity contribution >= 4 is 41.9 Å². The zero-order valence-electron chi connectivity index (χ0n) is 44.2. The Bertz CT molecular complexity index is 3210. The number of phenols is 1. The summed E-state index contributed by atoms with van der Waals surface area (Å²) in [6.45, 7) is 1.69. The first-order valence-electron chi connectivity index (χ1n) is 26.5. The number of benzene rings is 4. The number of carbonyl (C=O) groups is 4. The van der Waals surface area contributed by atoms with E-state index in [2.05, 4.69) is 22.2 Å². The second-order valence-electron chi connectivity index (χ2n) is 21.3. The number of esters is 1. The molecule has 1 heterocycles. The molecule has 79 heavy (non-hydrogen) atoms. The van der Waals surface area contributed by atoms with Gasteiger partial charge in [0.05, 0.1) is 49.2 Å². The largest absolute Gasteiger partial charge is 0.507 e. The van der Waals surface area contributed by atoms with E-state index in [9.17, 15) is 45.3 Å². The molecule has 0 spiro atoms. The van der Waals surface area contributed by atoms with Crippen LogP contribution in [0, 0.1) is 23.7 Å². The summed E-state index contributed by atoms with van der Waals surface area (Å²) < 4.78 is 24.6. The molecule has 9 rings (SSSR count). The summed E-state index contributed by atoms with van der Waals surface area (Å²) in [4.78, 5) is 62.0. The fourth-order valence-electron chi connectivity index (χ4n) is 12.3. The van der Waals surface area contributed by atoms with Crippen molar-refractivity contribution in [2.75, 3.05) is 26.7 Å². The Labute approximate surface area is 456 Å². The second-order valence-corrected chi connectivity index (χ2v) is 21.3. The van der Waals surface area contributed by atoms with Crippen molar-refractivity contribution < 1.29 is 73.9 Å². The summed E-state index contributed by atoms with van der Waals surface area (Å²) in [5.41, 5.74) is 17.1. The van der Waals surface area contributed by atoms with Gasteiger partial charge in [0.2, 0.25) is 12.1 Å². The van der Waals surface area contributed by atoms with Gasteiger partial charge in [0.25, 0.3) is 0 Å². The number of nitrogens with one attached hydrogen (secondary N) is 1. The Hall–Kier alpha value is -6.87. The number of carbonyl (C=O) groups excluding carboxylic acids is 4. The standard InChI is InChI=1S/C59H67N5O15/c1-29-54(72)59(74,75)55(76-19-18-64-57(61)62)56(77-29)79-53-41-9-5-8-38(60)15-16-39(68)22-32-7-4-6-31(20-32)10-17-40-44(78-30(2)67)24-36(27-65)45-46(40)52(71)47(41)48(51(45)70)50(69)42(53)23-35-12-11-34-13-14-37-21-33(26-63-3)25-58(37,73)49(34)43(35)28-66/h4,6-7,10-12,17,20,24,28-29,33,37-39,54-56,63,65,68-69,72-75H,9,13-16,18-19,21-23,25-27,60H2,1-3H3,(H4,61,62,64). The number of hydrogen-bond donors (Lipinski definition) is 11. The maximum Gasteiger partial charge on any atom is 0.308 e. The molecule has 14 N–H and O–H groups in total. The lowest BCUT2D eigenvalue weighted by Gasteiger charge is -2.46. The number of hydrogen-bond acceptors (Lipinski definition) is 18. The van der Waals surface area contributed by atoms with Gasteiger partial charge in [0.1, 0.15) is 23.4 Å². The Kier molecular flexibility index (Phi) is 16.6. The lowest BCUT2D eigenvalue weighted by Crippen LogP contribution is -2.67. The first kappa shape index (κ1) is 56.8. The van der Waals surface area contributed by atoms with Crippen LogP contribution in [0.25, 0.3) is 12.2 Å². The SMILES string of the molecule is CNCC1CC2CCc3ccc(Cc4c(O)c5c6c(c4OC4OC(C)C(O)C(O)(O)C4OCCN=C(N)N)CC#CC(N)CCC(O)Cc4cccc(c4)C=Cc4c(OC(C)=O)cc(CO)c(c4C6=O)C5=O)c(C=O)c3C2(O)C1. The first-order valence-corrected chi connectivity index (χ1v) is 26.5. The molecule has 418 valence electrons. The number of nitrogens with two attached hydrogens (primary N) is 3. The minimum Gasteiger partial charge on any atom is -0.507 e. The van der Waals surface area contributed by atoms with E-state index in [4.69, 9.17) is 36.1 Å². The second kappa shape index (κ2) is 23.1. The number of phenolic OH excluding ortho intramolecular Hbond substituents is 1. The van der Waals surface area contributed by atoms with Gasteiger partial charge >= 0.3 is 5.97 Å². The Morgan fingerprint density at radius 2 is 1.77 bits per heavy atom. The molecule has 5 aliphatic rings. The maximum absolute atomic E-state index is 16.0. The zero-order chi connectivity index (χ0) is 56.7. The van der Waals surface area contributed by atoms with E-state index >= 15 is 9.59 Å². The van der Waals surface area contributed by atoms with Crippen molar-refractivity contribution in [1.82, 2.24) is 5.32 Å². The monoisotopic (exact) mass is 1090 g/mol. The summed E-state index contributed by atoms with van der Waals surface area (Å²) in [5.74, 6) is -1.51. The highest BCUT2D eigenvalue weighted by atomic mass is 16.7. The highest BCUT2D eigenvalue weighted by Gasteiger charge is 2.57. The number of aliphatic imine (C=N–C) groups is 1. The molecule has 9 unspecified atom stereocenters. The van der Waals surface area contributed by atoms with E-state index in [-0.39, 0.29) is 106 Å². The lowest BCUT2D eigenvalue weighted by atomic mass is 9.70. The number of aryl methyl sites for hydroxylation is 1. The van der Waals surface area contributed by atoms with Gasteiger partial charge in [-0.1, -0.05) is 54.3 Å². The van der Waals surface area contributed by atoms with Crippen LogP contribution in [-0.2, 0) is 52.2 Å². The van der Waals surface area contributed by atoms with Crippen LogP contribution in [-0.4, -0.2) is 135 Å². The third kappa shape index (κ3) is 11.0. The van der Waals surface area contributed by atoms with Crippen molar-refractivity contribution in [2.45, 2.75) is 126 Å². The molecule has 4 aromatic carbocycles. The number of fused-ring (bicyclic) bond motifs is 5. The summed E-state index contributed by atoms with van der Waals surface area (Å²) in [7, 11) is 1.83. The first-order chi connectivity index (χ1) is 37.7. The van der Waals surface area contributed by atoms with E-state index in [0.29, 0.717) is 49.6 Å². The minimum absolute atomic E-state index is 0.0501. The fourth-order valence-corrected chi connectivity index (χ4v) is 12.3. The van der Waals surface area contributed by atoms with Gasteiger partial charge < -0.3 is 77.2 Å². The molecule has 0 radical (unpaired) electrons. The molecule has 1 saturated carbocycles. The molecule has 1 saturated heterocycles. The van der Waals surface area contributed by atoms with E-state index < -0.39 is 102 Å². The van der Waals surface area contributed by atoms with Crippen LogP contribution in [0.15, 0.2) is 47.5 Å². The van der Waals surface area contributed by atoms with Crippen molar-refractivity contribution in [3.05, 3.63) is 120 Å². The van der Waals surface area contributed by atoms with Crippen LogP contribution >= 0.6 is 0 Å². The number of aldehydes is 1. The average molecular weight is 1090 g/mol. The number of ketones is 2. The van der Waals surface area contributed by atoms with Gasteiger partial charge in [-0.25, -0.2) is 0 Å². The van der Waals surface area contributed by atoms with Gasteiger partial charge in [0.15, 0.2) is 29.9 Å². The van der Waals surface area contributed by atoms with Crippen LogP contribution in [0.5, 0.6) is 17.2 Å². The molecule has 0 aromatic heterocycles. The number of rotatable bonds is 13. The molecule has 4 aromatic rings. The molecule has 20 heteroatoms. The van der Waals surface area contributed by atoms with Crippen molar-refractivity contribution in [1.29, 1.82) is 0 Å². The molecule has 4 aliphatic carbocycles. The number of guanidine groups is 1. The van der Waals surface area contributed by atoms with Crippen LogP contribution in [0.4, 0.5) is 0 Å². The highest BCUT2D eigenvalue weighted by Crippen LogP contribution is 2.54. The van der Waals surface area contributed by atoms with Crippen molar-refractivity contribution in [3.63, 3.8) is 0 Å². The smallest absolute Gasteiger partial charge is 0.308 e. The zero-order valence-corrected chi connectivity index (χ0v) is 44.2. The lowest BCUT2D eigenvalue weighted by molar-refractivity contribution is -0.378. The Balaban J connectivity index is 1.33. The molecule has 4 bridgehead atoms. The van der Waals surface area contributed by atoms with Gasteiger partial charge in [-0.2, -0.15) is 0 Å². The van der Waals surface area contributed by atoms with E-state index in [1.807, 2.05) is 19.2 Å². The Morgan fingerprint density at radius 3 is 2.49 bits per heavy atom. The summed E-state index contributed by atoms with van der Waals surface area (Å²) >= 11 is 0. The number of aliphatic hydroxyl groups excluding tert-OH is 3. The van der Waals surface area contributed by atoms with Gasteiger partial charge in [-0.15, -0.1) is 0 Å². The maximum atomic E-state index is 16.0. The predicted molar refractivity (Wildman–Crippen MR) is 288 cm³/mol. The topological polar surface area (TPSA) is 349 Å².